The third-order valence-corrected chi connectivity index (χ3v) is 4.35. The van der Waals surface area contributed by atoms with Crippen LogP contribution in [0.15, 0.2) is 64.7 Å². The highest BCUT2D eigenvalue weighted by atomic mass is 32.1. The fraction of sp³-hybridized carbons (Fsp3) is 0.211. The standard InChI is InChI=1S/C19H19N3O2S/c23-18(24-12-10-15-6-2-1-3-7-15)17-9-5-4-8-16(17)14-21-22-19-20-11-13-25-19/h2,4-9,11,13-14H,1,3,10,12H2,(H,20,22)/b21-14+. The van der Waals surface area contributed by atoms with Crippen molar-refractivity contribution in [3.05, 3.63) is 70.8 Å². The highest BCUT2D eigenvalue weighted by Crippen LogP contribution is 2.14. The van der Waals surface area contributed by atoms with E-state index >= 15 is 0 Å². The Morgan fingerprint density at radius 3 is 3.08 bits per heavy atom. The molecule has 0 fully saturated rings. The first kappa shape index (κ1) is 17.1. The maximum atomic E-state index is 12.3. The smallest absolute Gasteiger partial charge is 0.338 e. The van der Waals surface area contributed by atoms with Crippen LogP contribution in [0.1, 0.15) is 35.2 Å². The fourth-order valence-electron chi connectivity index (χ4n) is 2.42. The van der Waals surface area contributed by atoms with E-state index in [1.165, 1.54) is 16.9 Å². The van der Waals surface area contributed by atoms with Gasteiger partial charge in [0.15, 0.2) is 0 Å². The predicted octanol–water partition coefficient (Wildman–Crippen LogP) is 4.41. The lowest BCUT2D eigenvalue weighted by Gasteiger charge is -2.09. The van der Waals surface area contributed by atoms with Crippen LogP contribution < -0.4 is 5.43 Å². The number of thiazole rings is 1. The second-order valence-corrected chi connectivity index (χ2v) is 6.33. The first-order valence-electron chi connectivity index (χ1n) is 8.13. The molecule has 25 heavy (non-hydrogen) atoms. The van der Waals surface area contributed by atoms with Gasteiger partial charge in [-0.2, -0.15) is 5.10 Å². The number of hydrogen-bond donors (Lipinski definition) is 1. The van der Waals surface area contributed by atoms with E-state index in [4.69, 9.17) is 4.74 Å². The van der Waals surface area contributed by atoms with E-state index in [0.717, 1.165) is 19.3 Å². The van der Waals surface area contributed by atoms with Gasteiger partial charge in [0.25, 0.3) is 0 Å². The molecule has 6 heteroatoms. The number of anilines is 1. The van der Waals surface area contributed by atoms with E-state index in [1.807, 2.05) is 23.6 Å². The maximum absolute atomic E-state index is 12.3. The van der Waals surface area contributed by atoms with Gasteiger partial charge in [-0.25, -0.2) is 9.78 Å². The van der Waals surface area contributed by atoms with Gasteiger partial charge in [-0.15, -0.1) is 11.3 Å². The van der Waals surface area contributed by atoms with Crippen molar-refractivity contribution >= 4 is 28.7 Å². The zero-order valence-electron chi connectivity index (χ0n) is 13.7. The van der Waals surface area contributed by atoms with Gasteiger partial charge in [0.1, 0.15) is 0 Å². The second kappa shape index (κ2) is 8.94. The summed E-state index contributed by atoms with van der Waals surface area (Å²) < 4.78 is 5.42. The van der Waals surface area contributed by atoms with Crippen LogP contribution in [0.5, 0.6) is 0 Å². The van der Waals surface area contributed by atoms with Crippen LogP contribution in [-0.2, 0) is 4.74 Å². The Labute approximate surface area is 150 Å². The number of benzene rings is 1. The quantitative estimate of drug-likeness (QED) is 0.455. The number of carbonyl (C=O) groups is 1. The Hall–Kier alpha value is -2.73. The number of carbonyl (C=O) groups excluding carboxylic acids is 1. The summed E-state index contributed by atoms with van der Waals surface area (Å²) in [5.74, 6) is -0.336. The van der Waals surface area contributed by atoms with Crippen LogP contribution >= 0.6 is 11.3 Å². The van der Waals surface area contributed by atoms with Gasteiger partial charge in [-0.3, -0.25) is 5.43 Å². The first-order valence-corrected chi connectivity index (χ1v) is 9.01. The molecule has 0 spiro atoms. The van der Waals surface area contributed by atoms with E-state index in [2.05, 4.69) is 33.7 Å². The summed E-state index contributed by atoms with van der Waals surface area (Å²) in [6.07, 6.45) is 12.6. The fourth-order valence-corrected chi connectivity index (χ4v) is 2.90. The lowest BCUT2D eigenvalue weighted by molar-refractivity contribution is 0.0510. The van der Waals surface area contributed by atoms with Crippen molar-refractivity contribution in [3.63, 3.8) is 0 Å². The van der Waals surface area contributed by atoms with Crippen LogP contribution in [0.25, 0.3) is 0 Å². The van der Waals surface area contributed by atoms with Crippen molar-refractivity contribution < 1.29 is 9.53 Å². The molecule has 2 aromatic rings. The molecule has 3 rings (SSSR count). The minimum absolute atomic E-state index is 0.336. The van der Waals surface area contributed by atoms with Gasteiger partial charge in [0, 0.05) is 23.6 Å². The minimum Gasteiger partial charge on any atom is -0.462 e. The number of ether oxygens (including phenoxy) is 1. The monoisotopic (exact) mass is 353 g/mol. The number of nitrogens with one attached hydrogen (secondary N) is 1. The zero-order chi connectivity index (χ0) is 17.3. The molecule has 0 saturated carbocycles. The number of hydrogen-bond acceptors (Lipinski definition) is 6. The molecule has 0 atom stereocenters. The molecule has 1 aliphatic rings. The molecule has 5 nitrogen and oxygen atoms in total. The van der Waals surface area contributed by atoms with E-state index in [-0.39, 0.29) is 5.97 Å². The van der Waals surface area contributed by atoms with Crippen LogP contribution in [0, 0.1) is 0 Å². The normalized spacial score (nSPS) is 13.7. The topological polar surface area (TPSA) is 63.6 Å². The number of nitrogens with zero attached hydrogens (tertiary/aromatic N) is 2. The summed E-state index contributed by atoms with van der Waals surface area (Å²) in [7, 11) is 0. The van der Waals surface area contributed by atoms with Gasteiger partial charge >= 0.3 is 5.97 Å². The van der Waals surface area contributed by atoms with Crippen molar-refractivity contribution in [2.45, 2.75) is 19.3 Å². The molecule has 0 radical (unpaired) electrons. The van der Waals surface area contributed by atoms with Crippen LogP contribution in [0.3, 0.4) is 0 Å². The SMILES string of the molecule is O=C(OCCC1=CCCC=C1)c1ccccc1/C=N/Nc1nccs1. The van der Waals surface area contributed by atoms with Gasteiger partial charge in [0.05, 0.1) is 18.4 Å². The Balaban J connectivity index is 1.57. The minimum atomic E-state index is -0.336. The Bertz CT molecular complexity index is 795. The van der Waals surface area contributed by atoms with E-state index < -0.39 is 0 Å². The molecule has 0 amide bonds. The lowest BCUT2D eigenvalue weighted by Crippen LogP contribution is -2.10. The molecule has 1 aromatic heterocycles. The van der Waals surface area contributed by atoms with Crippen molar-refractivity contribution in [1.29, 1.82) is 0 Å². The summed E-state index contributed by atoms with van der Waals surface area (Å²) in [4.78, 5) is 16.4. The van der Waals surface area contributed by atoms with E-state index in [1.54, 1.807) is 18.5 Å². The lowest BCUT2D eigenvalue weighted by atomic mass is 10.1. The van der Waals surface area contributed by atoms with Crippen molar-refractivity contribution in [2.24, 2.45) is 5.10 Å². The molecular formula is C19H19N3O2S. The molecular weight excluding hydrogens is 334 g/mol. The predicted molar refractivity (Wildman–Crippen MR) is 101 cm³/mol. The Morgan fingerprint density at radius 2 is 2.28 bits per heavy atom. The van der Waals surface area contributed by atoms with Gasteiger partial charge < -0.3 is 4.74 Å². The molecule has 0 aliphatic heterocycles. The Morgan fingerprint density at radius 1 is 1.36 bits per heavy atom. The van der Waals surface area contributed by atoms with Crippen molar-refractivity contribution in [2.75, 3.05) is 12.0 Å². The molecule has 128 valence electrons. The number of rotatable bonds is 7. The van der Waals surface area contributed by atoms with Crippen molar-refractivity contribution in [1.82, 2.24) is 4.98 Å². The molecule has 1 heterocycles. The number of hydrazone groups is 1. The molecule has 0 saturated heterocycles. The largest absolute Gasteiger partial charge is 0.462 e. The summed E-state index contributed by atoms with van der Waals surface area (Å²) in [6, 6.07) is 7.25. The van der Waals surface area contributed by atoms with Crippen LogP contribution in [0.4, 0.5) is 5.13 Å². The molecule has 0 unspecified atom stereocenters. The molecule has 0 bridgehead atoms. The second-order valence-electron chi connectivity index (χ2n) is 5.44. The summed E-state index contributed by atoms with van der Waals surface area (Å²) in [6.45, 7) is 0.373. The molecule has 1 aliphatic carbocycles. The van der Waals surface area contributed by atoms with Crippen LogP contribution in [0.2, 0.25) is 0 Å². The highest BCUT2D eigenvalue weighted by Gasteiger charge is 2.11. The average Bonchev–Trinajstić information content (AvgIpc) is 3.16. The van der Waals surface area contributed by atoms with E-state index in [0.29, 0.717) is 22.9 Å². The average molecular weight is 353 g/mol. The zero-order valence-corrected chi connectivity index (χ0v) is 14.5. The third kappa shape index (κ3) is 5.12. The number of allylic oxidation sites excluding steroid dienone is 3. The highest BCUT2D eigenvalue weighted by molar-refractivity contribution is 7.13. The summed E-state index contributed by atoms with van der Waals surface area (Å²) in [5, 5.41) is 6.69. The summed E-state index contributed by atoms with van der Waals surface area (Å²) >= 11 is 1.45. The van der Waals surface area contributed by atoms with Crippen molar-refractivity contribution in [3.8, 4) is 0 Å². The van der Waals surface area contributed by atoms with E-state index in [9.17, 15) is 4.79 Å². The third-order valence-electron chi connectivity index (χ3n) is 3.67. The van der Waals surface area contributed by atoms with Gasteiger partial charge in [0.2, 0.25) is 5.13 Å². The van der Waals surface area contributed by atoms with Crippen LogP contribution in [-0.4, -0.2) is 23.8 Å². The molecule has 1 N–H and O–H groups in total. The Kier molecular flexibility index (Phi) is 6.11. The first-order chi connectivity index (χ1) is 12.3. The van der Waals surface area contributed by atoms with Gasteiger partial charge in [-0.05, 0) is 24.5 Å². The summed E-state index contributed by atoms with van der Waals surface area (Å²) in [5.41, 5.74) is 5.26. The number of aromatic nitrogens is 1. The van der Waals surface area contributed by atoms with Gasteiger partial charge in [-0.1, -0.05) is 36.4 Å². The number of esters is 1. The molecule has 1 aromatic carbocycles. The maximum Gasteiger partial charge on any atom is 0.338 e.